The molecule has 0 atom stereocenters. The molecule has 15 rings (SSSR count). The SMILES string of the molecule is c1ccc(-c2nc(-c3cccc4c3sc3ccccc34)nc(-c3cccc4oc5ccc(-c6ccc(-c7cccc8c7-c7ccccc7C87c8ccccc8-c8ccccc87)cc6)cc5c34)n2)cc1. The van der Waals surface area contributed by atoms with E-state index in [4.69, 9.17) is 19.4 Å². The zero-order valence-electron chi connectivity index (χ0n) is 37.0. The molecule has 0 saturated heterocycles. The van der Waals surface area contributed by atoms with Crippen LogP contribution in [0.15, 0.2) is 229 Å². The molecule has 4 nitrogen and oxygen atoms in total. The van der Waals surface area contributed by atoms with Crippen LogP contribution in [0.1, 0.15) is 22.3 Å². The molecule has 2 aliphatic rings. The highest BCUT2D eigenvalue weighted by Gasteiger charge is 2.52. The first-order valence-electron chi connectivity index (χ1n) is 23.4. The molecule has 5 heteroatoms. The number of rotatable bonds is 5. The highest BCUT2D eigenvalue weighted by molar-refractivity contribution is 7.26. The van der Waals surface area contributed by atoms with E-state index in [2.05, 4.69) is 194 Å². The van der Waals surface area contributed by atoms with E-state index in [0.717, 1.165) is 54.5 Å². The summed E-state index contributed by atoms with van der Waals surface area (Å²) in [6, 6.07) is 80.9. The van der Waals surface area contributed by atoms with Crippen molar-refractivity contribution in [1.29, 1.82) is 0 Å². The predicted molar refractivity (Wildman–Crippen MR) is 283 cm³/mol. The molecule has 0 radical (unpaired) electrons. The minimum absolute atomic E-state index is 0.379. The molecule has 3 heterocycles. The summed E-state index contributed by atoms with van der Waals surface area (Å²) in [4.78, 5) is 15.7. The normalized spacial score (nSPS) is 13.0. The van der Waals surface area contributed by atoms with Crippen molar-refractivity contribution >= 4 is 53.4 Å². The molecular weight excluding hydrogens is 859 g/mol. The maximum Gasteiger partial charge on any atom is 0.165 e. The molecule has 0 bridgehead atoms. The van der Waals surface area contributed by atoms with Crippen LogP contribution in [-0.2, 0) is 5.41 Å². The third kappa shape index (κ3) is 5.48. The van der Waals surface area contributed by atoms with Gasteiger partial charge in [0, 0.05) is 47.6 Å². The van der Waals surface area contributed by atoms with Gasteiger partial charge in [-0.3, -0.25) is 0 Å². The number of fused-ring (bicyclic) bond motifs is 16. The minimum Gasteiger partial charge on any atom is -0.456 e. The molecule has 2 aliphatic carbocycles. The van der Waals surface area contributed by atoms with Crippen LogP contribution in [0.2, 0.25) is 0 Å². The van der Waals surface area contributed by atoms with Gasteiger partial charge in [-0.05, 0) is 97.1 Å². The first-order chi connectivity index (χ1) is 34.2. The molecule has 0 amide bonds. The van der Waals surface area contributed by atoms with Gasteiger partial charge < -0.3 is 4.42 Å². The summed E-state index contributed by atoms with van der Waals surface area (Å²) in [6.45, 7) is 0. The van der Waals surface area contributed by atoms with E-state index in [-0.39, 0.29) is 5.41 Å². The van der Waals surface area contributed by atoms with E-state index >= 15 is 0 Å². The van der Waals surface area contributed by atoms with Crippen molar-refractivity contribution < 1.29 is 4.42 Å². The van der Waals surface area contributed by atoms with Crippen molar-refractivity contribution in [2.75, 3.05) is 0 Å². The Morgan fingerprint density at radius 3 is 1.68 bits per heavy atom. The van der Waals surface area contributed by atoms with Crippen LogP contribution in [0, 0.1) is 0 Å². The second-order valence-corrected chi connectivity index (χ2v) is 19.2. The summed E-state index contributed by atoms with van der Waals surface area (Å²) >= 11 is 1.78. The minimum atomic E-state index is -0.379. The lowest BCUT2D eigenvalue weighted by atomic mass is 9.70. The van der Waals surface area contributed by atoms with Gasteiger partial charge in [0.1, 0.15) is 11.2 Å². The molecule has 0 fully saturated rings. The molecule has 10 aromatic carbocycles. The van der Waals surface area contributed by atoms with Gasteiger partial charge in [0.05, 0.1) is 5.41 Å². The highest BCUT2D eigenvalue weighted by atomic mass is 32.1. The number of aromatic nitrogens is 3. The predicted octanol–water partition coefficient (Wildman–Crippen LogP) is 16.8. The molecule has 0 unspecified atom stereocenters. The van der Waals surface area contributed by atoms with Crippen LogP contribution in [0.4, 0.5) is 0 Å². The summed E-state index contributed by atoms with van der Waals surface area (Å²) in [7, 11) is 0. The number of benzene rings is 10. The van der Waals surface area contributed by atoms with Gasteiger partial charge in [0.25, 0.3) is 0 Å². The lowest BCUT2D eigenvalue weighted by molar-refractivity contribution is 0.669. The van der Waals surface area contributed by atoms with Crippen molar-refractivity contribution in [1.82, 2.24) is 15.0 Å². The Labute approximate surface area is 401 Å². The molecule has 320 valence electrons. The topological polar surface area (TPSA) is 51.8 Å². The van der Waals surface area contributed by atoms with Crippen molar-refractivity contribution in [3.63, 3.8) is 0 Å². The van der Waals surface area contributed by atoms with E-state index in [1.807, 2.05) is 30.3 Å². The monoisotopic (exact) mass is 895 g/mol. The summed E-state index contributed by atoms with van der Waals surface area (Å²) in [5.74, 6) is 1.87. The lowest BCUT2D eigenvalue weighted by Gasteiger charge is -2.30. The molecule has 3 aromatic heterocycles. The Hall–Kier alpha value is -8.77. The summed E-state index contributed by atoms with van der Waals surface area (Å²) in [5.41, 5.74) is 19.3. The van der Waals surface area contributed by atoms with Gasteiger partial charge in [-0.1, -0.05) is 194 Å². The summed E-state index contributed by atoms with van der Waals surface area (Å²) < 4.78 is 8.99. The lowest BCUT2D eigenvalue weighted by Crippen LogP contribution is -2.25. The van der Waals surface area contributed by atoms with Crippen LogP contribution in [0.5, 0.6) is 0 Å². The van der Waals surface area contributed by atoms with Gasteiger partial charge >= 0.3 is 0 Å². The van der Waals surface area contributed by atoms with Crippen LogP contribution in [0.25, 0.3) is 121 Å². The number of furan rings is 1. The number of hydrogen-bond acceptors (Lipinski definition) is 5. The zero-order valence-corrected chi connectivity index (χ0v) is 37.8. The van der Waals surface area contributed by atoms with Crippen molar-refractivity contribution in [3.8, 4) is 78.7 Å². The first kappa shape index (κ1) is 38.3. The van der Waals surface area contributed by atoms with Crippen molar-refractivity contribution in [3.05, 3.63) is 247 Å². The third-order valence-corrected chi connectivity index (χ3v) is 15.8. The fourth-order valence-electron chi connectivity index (χ4n) is 11.7. The van der Waals surface area contributed by atoms with E-state index in [1.54, 1.807) is 11.3 Å². The molecule has 0 saturated carbocycles. The molecule has 13 aromatic rings. The van der Waals surface area contributed by atoms with Crippen molar-refractivity contribution in [2.24, 2.45) is 0 Å². The van der Waals surface area contributed by atoms with E-state index in [9.17, 15) is 0 Å². The van der Waals surface area contributed by atoms with Crippen LogP contribution < -0.4 is 0 Å². The molecular formula is C64H37N3OS. The largest absolute Gasteiger partial charge is 0.456 e. The third-order valence-electron chi connectivity index (χ3n) is 14.6. The van der Waals surface area contributed by atoms with Crippen LogP contribution in [0.3, 0.4) is 0 Å². The second kappa shape index (κ2) is 14.6. The Kier molecular flexibility index (Phi) is 8.12. The maximum absolute atomic E-state index is 6.59. The summed E-state index contributed by atoms with van der Waals surface area (Å²) in [5, 5.41) is 4.43. The molecule has 0 N–H and O–H groups in total. The van der Waals surface area contributed by atoms with E-state index < -0.39 is 0 Å². The standard InChI is InChI=1S/C64H37N3OS/c1-2-15-40(16-3-1)61-65-62(67-63(66-61)49-24-12-22-46-45-19-7-11-30-57(45)69-60(46)49)48-23-14-29-56-59(48)50-37-41(35-36-55(50)68-56)38-31-33-39(34-32-38)42-21-13-28-54-58(42)47-20-6-10-27-53(47)64(54)51-25-8-4-17-43(51)44-18-5-9-26-52(44)64/h1-37H. The van der Waals surface area contributed by atoms with Gasteiger partial charge in [-0.25, -0.2) is 15.0 Å². The maximum atomic E-state index is 6.59. The Balaban J connectivity index is 0.856. The first-order valence-corrected chi connectivity index (χ1v) is 24.2. The average molecular weight is 896 g/mol. The molecule has 69 heavy (non-hydrogen) atoms. The number of hydrogen-bond donors (Lipinski definition) is 0. The van der Waals surface area contributed by atoms with Crippen LogP contribution >= 0.6 is 11.3 Å². The van der Waals surface area contributed by atoms with E-state index in [0.29, 0.717) is 17.5 Å². The van der Waals surface area contributed by atoms with E-state index in [1.165, 1.54) is 71.1 Å². The Bertz CT molecular complexity index is 4220. The fraction of sp³-hybridized carbons (Fsp3) is 0.0156. The summed E-state index contributed by atoms with van der Waals surface area (Å²) in [6.07, 6.45) is 0. The van der Waals surface area contributed by atoms with Crippen molar-refractivity contribution in [2.45, 2.75) is 5.41 Å². The molecule has 1 spiro atoms. The smallest absolute Gasteiger partial charge is 0.165 e. The van der Waals surface area contributed by atoms with Gasteiger partial charge in [0.15, 0.2) is 17.5 Å². The fourth-order valence-corrected chi connectivity index (χ4v) is 12.9. The second-order valence-electron chi connectivity index (χ2n) is 18.1. The van der Waals surface area contributed by atoms with Gasteiger partial charge in [0.2, 0.25) is 0 Å². The number of thiophene rings is 1. The average Bonchev–Trinajstić information content (AvgIpc) is 4.16. The van der Waals surface area contributed by atoms with Gasteiger partial charge in [-0.15, -0.1) is 11.3 Å². The Morgan fingerprint density at radius 1 is 0.333 bits per heavy atom. The Morgan fingerprint density at radius 2 is 0.884 bits per heavy atom. The zero-order chi connectivity index (χ0) is 45.2. The number of nitrogens with zero attached hydrogens (tertiary/aromatic N) is 3. The quantitative estimate of drug-likeness (QED) is 0.173. The van der Waals surface area contributed by atoms with Crippen LogP contribution in [-0.4, -0.2) is 15.0 Å². The molecule has 0 aliphatic heterocycles. The van der Waals surface area contributed by atoms with Gasteiger partial charge in [-0.2, -0.15) is 0 Å². The highest BCUT2D eigenvalue weighted by Crippen LogP contribution is 2.64.